The molecule has 0 bridgehead atoms. The zero-order valence-electron chi connectivity index (χ0n) is 6.11. The van der Waals surface area contributed by atoms with Gasteiger partial charge in [-0.3, -0.25) is 0 Å². The second-order valence-electron chi connectivity index (χ2n) is 2.90. The van der Waals surface area contributed by atoms with Crippen LogP contribution in [-0.2, 0) is 0 Å². The van der Waals surface area contributed by atoms with Gasteiger partial charge in [-0.2, -0.15) is 0 Å². The Morgan fingerprint density at radius 1 is 1.67 bits per heavy atom. The Morgan fingerprint density at radius 3 is 2.78 bits per heavy atom. The van der Waals surface area contributed by atoms with E-state index in [-0.39, 0.29) is 0 Å². The van der Waals surface area contributed by atoms with Gasteiger partial charge in [-0.15, -0.1) is 0 Å². The fourth-order valence-electron chi connectivity index (χ4n) is 1.26. The summed E-state index contributed by atoms with van der Waals surface area (Å²) in [5.41, 5.74) is 1.00. The fourth-order valence-corrected chi connectivity index (χ4v) is 1.26. The molecule has 0 aromatic rings. The Morgan fingerprint density at radius 2 is 2.44 bits per heavy atom. The lowest BCUT2D eigenvalue weighted by Crippen LogP contribution is -2.24. The molecular formula is C8H15N. The average molecular weight is 125 g/mol. The molecule has 0 amide bonds. The maximum absolute atomic E-state index is 7.37. The molecule has 0 saturated heterocycles. The number of unbranched alkanes of at least 4 members (excludes halogenated alkanes) is 1. The van der Waals surface area contributed by atoms with Crippen LogP contribution in [0.5, 0.6) is 0 Å². The SMILES string of the molecule is CCCCC1CCC1=N. The van der Waals surface area contributed by atoms with Crippen LogP contribution in [0.25, 0.3) is 0 Å². The molecule has 1 fully saturated rings. The van der Waals surface area contributed by atoms with Crippen molar-refractivity contribution in [3.8, 4) is 0 Å². The molecule has 1 rings (SSSR count). The fraction of sp³-hybridized carbons (Fsp3) is 0.875. The van der Waals surface area contributed by atoms with E-state index in [0.29, 0.717) is 5.92 Å². The summed E-state index contributed by atoms with van der Waals surface area (Å²) < 4.78 is 0. The summed E-state index contributed by atoms with van der Waals surface area (Å²) in [6.07, 6.45) is 6.24. The van der Waals surface area contributed by atoms with E-state index in [4.69, 9.17) is 5.41 Å². The van der Waals surface area contributed by atoms with Crippen LogP contribution in [0.3, 0.4) is 0 Å². The first-order chi connectivity index (χ1) is 4.34. The summed E-state index contributed by atoms with van der Waals surface area (Å²) in [5, 5.41) is 7.37. The maximum atomic E-state index is 7.37. The van der Waals surface area contributed by atoms with Crippen molar-refractivity contribution in [2.24, 2.45) is 5.92 Å². The van der Waals surface area contributed by atoms with E-state index < -0.39 is 0 Å². The van der Waals surface area contributed by atoms with E-state index in [9.17, 15) is 0 Å². The Labute approximate surface area is 57.0 Å². The highest BCUT2D eigenvalue weighted by Gasteiger charge is 2.22. The number of hydrogen-bond donors (Lipinski definition) is 1. The van der Waals surface area contributed by atoms with Crippen LogP contribution >= 0.6 is 0 Å². The molecule has 0 heterocycles. The van der Waals surface area contributed by atoms with E-state index in [2.05, 4.69) is 6.92 Å². The molecule has 1 heteroatoms. The van der Waals surface area contributed by atoms with Gasteiger partial charge < -0.3 is 5.41 Å². The minimum atomic E-state index is 0.685. The highest BCUT2D eigenvalue weighted by Crippen LogP contribution is 2.27. The van der Waals surface area contributed by atoms with Crippen LogP contribution in [0.15, 0.2) is 0 Å². The third-order valence-electron chi connectivity index (χ3n) is 2.16. The van der Waals surface area contributed by atoms with Gasteiger partial charge in [0.2, 0.25) is 0 Å². The predicted molar refractivity (Wildman–Crippen MR) is 40.0 cm³/mol. The topological polar surface area (TPSA) is 23.9 Å². The van der Waals surface area contributed by atoms with Gasteiger partial charge in [0.05, 0.1) is 0 Å². The van der Waals surface area contributed by atoms with Gasteiger partial charge in [0.25, 0.3) is 0 Å². The Balaban J connectivity index is 2.06. The number of nitrogens with one attached hydrogen (secondary N) is 1. The second-order valence-corrected chi connectivity index (χ2v) is 2.90. The van der Waals surface area contributed by atoms with Crippen LogP contribution in [0.2, 0.25) is 0 Å². The molecule has 52 valence electrons. The number of hydrogen-bond acceptors (Lipinski definition) is 1. The molecule has 1 aliphatic rings. The summed E-state index contributed by atoms with van der Waals surface area (Å²) in [4.78, 5) is 0. The zero-order chi connectivity index (χ0) is 6.69. The van der Waals surface area contributed by atoms with E-state index in [0.717, 1.165) is 12.1 Å². The number of rotatable bonds is 3. The lowest BCUT2D eigenvalue weighted by atomic mass is 9.80. The molecule has 1 unspecified atom stereocenters. The molecule has 1 aliphatic carbocycles. The van der Waals surface area contributed by atoms with Crippen molar-refractivity contribution in [3.63, 3.8) is 0 Å². The Bertz CT molecular complexity index is 107. The van der Waals surface area contributed by atoms with Gasteiger partial charge in [0.1, 0.15) is 0 Å². The van der Waals surface area contributed by atoms with Gasteiger partial charge in [0, 0.05) is 5.71 Å². The van der Waals surface area contributed by atoms with Gasteiger partial charge >= 0.3 is 0 Å². The van der Waals surface area contributed by atoms with Crippen LogP contribution < -0.4 is 0 Å². The Hall–Kier alpha value is -0.330. The summed E-state index contributed by atoms with van der Waals surface area (Å²) >= 11 is 0. The molecule has 0 radical (unpaired) electrons. The standard InChI is InChI=1S/C8H15N/c1-2-3-4-7-5-6-8(7)9/h7,9H,2-6H2,1H3. The highest BCUT2D eigenvalue weighted by atomic mass is 14.5. The normalized spacial score (nSPS) is 25.9. The summed E-state index contributed by atoms with van der Waals surface area (Å²) in [6, 6.07) is 0. The first-order valence-corrected chi connectivity index (χ1v) is 3.92. The first kappa shape index (κ1) is 6.79. The lowest BCUT2D eigenvalue weighted by molar-refractivity contribution is 0.488. The van der Waals surface area contributed by atoms with Crippen molar-refractivity contribution in [3.05, 3.63) is 0 Å². The quantitative estimate of drug-likeness (QED) is 0.599. The van der Waals surface area contributed by atoms with Crippen molar-refractivity contribution < 1.29 is 0 Å². The van der Waals surface area contributed by atoms with Gasteiger partial charge in [-0.1, -0.05) is 19.8 Å². The maximum Gasteiger partial charge on any atom is 0.0120 e. The first-order valence-electron chi connectivity index (χ1n) is 3.92. The molecule has 1 saturated carbocycles. The van der Waals surface area contributed by atoms with Crippen molar-refractivity contribution in [2.75, 3.05) is 0 Å². The smallest absolute Gasteiger partial charge is 0.0120 e. The Kier molecular flexibility index (Phi) is 2.26. The monoisotopic (exact) mass is 125 g/mol. The van der Waals surface area contributed by atoms with E-state index in [1.165, 1.54) is 25.7 Å². The third kappa shape index (κ3) is 1.54. The molecule has 1 atom stereocenters. The average Bonchev–Trinajstić information content (AvgIpc) is 1.86. The summed E-state index contributed by atoms with van der Waals surface area (Å²) in [5.74, 6) is 0.685. The van der Waals surface area contributed by atoms with Crippen molar-refractivity contribution in [2.45, 2.75) is 39.0 Å². The van der Waals surface area contributed by atoms with Crippen molar-refractivity contribution >= 4 is 5.71 Å². The molecule has 0 aliphatic heterocycles. The van der Waals surface area contributed by atoms with Crippen LogP contribution in [0.1, 0.15) is 39.0 Å². The largest absolute Gasteiger partial charge is 0.309 e. The minimum Gasteiger partial charge on any atom is -0.309 e. The predicted octanol–water partition coefficient (Wildman–Crippen LogP) is 2.61. The van der Waals surface area contributed by atoms with Crippen LogP contribution in [-0.4, -0.2) is 5.71 Å². The van der Waals surface area contributed by atoms with E-state index >= 15 is 0 Å². The molecule has 0 aromatic heterocycles. The van der Waals surface area contributed by atoms with Crippen LogP contribution in [0, 0.1) is 11.3 Å². The van der Waals surface area contributed by atoms with E-state index in [1.807, 2.05) is 0 Å². The molecule has 1 nitrogen and oxygen atoms in total. The van der Waals surface area contributed by atoms with Crippen LogP contribution in [0.4, 0.5) is 0 Å². The molecule has 0 spiro atoms. The molecule has 9 heavy (non-hydrogen) atoms. The zero-order valence-corrected chi connectivity index (χ0v) is 6.11. The van der Waals surface area contributed by atoms with Gasteiger partial charge in [-0.05, 0) is 25.2 Å². The summed E-state index contributed by atoms with van der Waals surface area (Å²) in [7, 11) is 0. The molecule has 1 N–H and O–H groups in total. The van der Waals surface area contributed by atoms with E-state index in [1.54, 1.807) is 0 Å². The molecule has 0 aromatic carbocycles. The van der Waals surface area contributed by atoms with Crippen molar-refractivity contribution in [1.82, 2.24) is 0 Å². The highest BCUT2D eigenvalue weighted by molar-refractivity contribution is 5.88. The molecular weight excluding hydrogens is 110 g/mol. The van der Waals surface area contributed by atoms with Gasteiger partial charge in [-0.25, -0.2) is 0 Å². The third-order valence-corrected chi connectivity index (χ3v) is 2.16. The minimum absolute atomic E-state index is 0.685. The summed E-state index contributed by atoms with van der Waals surface area (Å²) in [6.45, 7) is 2.21. The van der Waals surface area contributed by atoms with Gasteiger partial charge in [0.15, 0.2) is 0 Å². The lowest BCUT2D eigenvalue weighted by Gasteiger charge is -2.26. The second kappa shape index (κ2) is 3.00. The van der Waals surface area contributed by atoms with Crippen molar-refractivity contribution in [1.29, 1.82) is 5.41 Å².